The summed E-state index contributed by atoms with van der Waals surface area (Å²) in [5.41, 5.74) is -2.22. The number of nitriles is 1. The van der Waals surface area contributed by atoms with Gasteiger partial charge in [0, 0.05) is 0 Å². The largest absolute Gasteiger partial charge is 0.604 e. The van der Waals surface area contributed by atoms with Gasteiger partial charge < -0.3 is 10.3 Å². The van der Waals surface area contributed by atoms with Crippen LogP contribution < -0.4 is 5.73 Å². The molecule has 3 N–H and O–H groups in total. The Morgan fingerprint density at radius 2 is 1.77 bits per heavy atom. The Hall–Kier alpha value is -1.36. The lowest BCUT2D eigenvalue weighted by Crippen LogP contribution is -2.73. The van der Waals surface area contributed by atoms with Crippen molar-refractivity contribution in [1.29, 1.82) is 5.26 Å². The maximum Gasteiger partial charge on any atom is 0.578 e. The number of nitrogens with zero attached hydrogens (tertiary/aromatic N) is 3. The Bertz CT molecular complexity index is 1110. The summed E-state index contributed by atoms with van der Waals surface area (Å²) in [6, 6.07) is 0.875. The highest BCUT2D eigenvalue weighted by molar-refractivity contribution is 7.92. The van der Waals surface area contributed by atoms with Crippen molar-refractivity contribution in [2.45, 2.75) is 32.2 Å². The number of allylic oxidation sites excluding steroid dienone is 1. The van der Waals surface area contributed by atoms with E-state index in [1.165, 1.54) is 0 Å². The van der Waals surface area contributed by atoms with E-state index < -0.39 is 80.8 Å². The van der Waals surface area contributed by atoms with Crippen LogP contribution >= 0.6 is 23.2 Å². The molecular weight excluding hydrogens is 539 g/mol. The Morgan fingerprint density at radius 1 is 1.29 bits per heavy atom. The summed E-state index contributed by atoms with van der Waals surface area (Å²) in [6.07, 6.45) is -0.412. The molecule has 1 heterocycles. The number of hydrogen-bond acceptors (Lipinski definition) is 6. The second kappa shape index (κ2) is 7.07. The van der Waals surface area contributed by atoms with Gasteiger partial charge in [-0.1, -0.05) is 23.2 Å². The van der Waals surface area contributed by atoms with Crippen molar-refractivity contribution < 1.29 is 52.6 Å². The quantitative estimate of drug-likeness (QED) is 0.196. The first-order valence-corrected chi connectivity index (χ1v) is 10.2. The molecule has 0 aliphatic heterocycles. The highest BCUT2D eigenvalue weighted by Crippen LogP contribution is 2.63. The SMILES string of the molecule is N#Cc1nn(C2(F)C(N)(Cl)C(F)=C(S(=O)(=O)O)C(F)(F)C2(F)Cl)cc1[S+]([O-])C(F)(F)F. The molecule has 1 aromatic heterocycles. The molecule has 1 aromatic rings. The standard InChI is InChI=1S/C11H4Cl2F8N4O4S2/c12-7(23)5(14)6(31(27,28)29)8(15,16)9(13,17)10(7,18)25-2-4(3(1-22)24-25)30(26)11(19,20)21/h2H,23H2,(H,27,28,29). The molecule has 0 radical (unpaired) electrons. The molecule has 1 aliphatic rings. The van der Waals surface area contributed by atoms with Crippen molar-refractivity contribution >= 4 is 44.5 Å². The van der Waals surface area contributed by atoms with Crippen molar-refractivity contribution in [3.63, 3.8) is 0 Å². The molecule has 1 aliphatic carbocycles. The number of alkyl halides is 9. The molecule has 8 nitrogen and oxygen atoms in total. The molecular formula is C11H4Cl2F8N4O4S2. The number of halogens is 10. The van der Waals surface area contributed by atoms with Crippen molar-refractivity contribution in [2.24, 2.45) is 5.73 Å². The second-order valence-electron chi connectivity index (χ2n) is 5.71. The lowest BCUT2D eigenvalue weighted by atomic mass is 9.87. The Morgan fingerprint density at radius 3 is 2.16 bits per heavy atom. The molecule has 0 saturated carbocycles. The van der Waals surface area contributed by atoms with E-state index in [-0.39, 0.29) is 0 Å². The summed E-state index contributed by atoms with van der Waals surface area (Å²) in [5.74, 6) is -14.3. The minimum absolute atomic E-state index is 0.412. The first kappa shape index (κ1) is 25.9. The normalized spacial score (nSPS) is 32.6. The topological polar surface area (TPSA) is 145 Å². The van der Waals surface area contributed by atoms with Gasteiger partial charge in [-0.2, -0.15) is 27.6 Å². The fourth-order valence-corrected chi connectivity index (χ4v) is 4.83. The Balaban J connectivity index is 2.97. The van der Waals surface area contributed by atoms with Crippen LogP contribution in [0.4, 0.5) is 35.1 Å². The van der Waals surface area contributed by atoms with E-state index in [9.17, 15) is 43.7 Å². The van der Waals surface area contributed by atoms with Crippen LogP contribution in [0.15, 0.2) is 21.8 Å². The molecule has 0 aromatic carbocycles. The van der Waals surface area contributed by atoms with Crippen LogP contribution in [-0.2, 0) is 27.1 Å². The van der Waals surface area contributed by atoms with Crippen LogP contribution in [0.1, 0.15) is 5.69 Å². The van der Waals surface area contributed by atoms with Gasteiger partial charge in [0.1, 0.15) is 17.2 Å². The van der Waals surface area contributed by atoms with E-state index in [4.69, 9.17) is 38.8 Å². The highest BCUT2D eigenvalue weighted by Gasteiger charge is 2.84. The van der Waals surface area contributed by atoms with Crippen LogP contribution in [0.5, 0.6) is 0 Å². The van der Waals surface area contributed by atoms with Crippen LogP contribution in [0.2, 0.25) is 0 Å². The summed E-state index contributed by atoms with van der Waals surface area (Å²) in [5, 5.41) is 5.95. The van der Waals surface area contributed by atoms with E-state index in [1.54, 1.807) is 0 Å². The number of hydrogen-bond donors (Lipinski definition) is 2. The zero-order valence-electron chi connectivity index (χ0n) is 13.8. The zero-order valence-corrected chi connectivity index (χ0v) is 16.9. The first-order chi connectivity index (χ1) is 13.6. The van der Waals surface area contributed by atoms with E-state index in [0.29, 0.717) is 0 Å². The molecule has 2 rings (SSSR count). The molecule has 0 amide bonds. The van der Waals surface area contributed by atoms with Gasteiger partial charge in [0.05, 0.1) is 6.20 Å². The summed E-state index contributed by atoms with van der Waals surface area (Å²) in [4.78, 5) is -9.29. The van der Waals surface area contributed by atoms with Crippen LogP contribution in [0.25, 0.3) is 0 Å². The van der Waals surface area contributed by atoms with Gasteiger partial charge in [0.15, 0.2) is 10.7 Å². The molecule has 0 fully saturated rings. The third-order valence-corrected chi connectivity index (χ3v) is 6.84. The first-order valence-electron chi connectivity index (χ1n) is 6.89. The molecule has 0 bridgehead atoms. The lowest BCUT2D eigenvalue weighted by Gasteiger charge is -2.48. The summed E-state index contributed by atoms with van der Waals surface area (Å²) < 4.78 is 154. The van der Waals surface area contributed by atoms with Gasteiger partial charge in [-0.05, 0) is 0 Å². The summed E-state index contributed by atoms with van der Waals surface area (Å²) >= 11 is 5.94. The van der Waals surface area contributed by atoms with E-state index in [2.05, 4.69) is 5.10 Å². The highest BCUT2D eigenvalue weighted by atomic mass is 35.5. The maximum absolute atomic E-state index is 15.7. The molecule has 31 heavy (non-hydrogen) atoms. The van der Waals surface area contributed by atoms with Gasteiger partial charge >= 0.3 is 16.6 Å². The number of aromatic nitrogens is 2. The third-order valence-electron chi connectivity index (χ3n) is 3.87. The summed E-state index contributed by atoms with van der Waals surface area (Å²) in [6.45, 7) is 0. The monoisotopic (exact) mass is 542 g/mol. The van der Waals surface area contributed by atoms with Gasteiger partial charge in [0.25, 0.3) is 15.9 Å². The van der Waals surface area contributed by atoms with Crippen LogP contribution in [0, 0.1) is 11.3 Å². The minimum Gasteiger partial charge on any atom is -0.604 e. The molecule has 20 heteroatoms. The van der Waals surface area contributed by atoms with Crippen molar-refractivity contribution in [1.82, 2.24) is 9.78 Å². The van der Waals surface area contributed by atoms with Gasteiger partial charge in [0.2, 0.25) is 15.6 Å². The van der Waals surface area contributed by atoms with Gasteiger partial charge in [-0.25, -0.2) is 17.9 Å². The molecule has 0 spiro atoms. The molecule has 174 valence electrons. The number of rotatable bonds is 3. The van der Waals surface area contributed by atoms with Gasteiger partial charge in [-0.15, -0.1) is 13.2 Å². The predicted molar refractivity (Wildman–Crippen MR) is 85.6 cm³/mol. The van der Waals surface area contributed by atoms with Crippen molar-refractivity contribution in [3.8, 4) is 6.07 Å². The maximum atomic E-state index is 15.7. The summed E-state index contributed by atoms with van der Waals surface area (Å²) in [7, 11) is -6.38. The average Bonchev–Trinajstić information content (AvgIpc) is 3.00. The predicted octanol–water partition coefficient (Wildman–Crippen LogP) is 2.52. The van der Waals surface area contributed by atoms with E-state index in [0.717, 1.165) is 6.07 Å². The minimum atomic E-state index is -6.38. The van der Waals surface area contributed by atoms with Crippen LogP contribution in [-0.4, -0.2) is 48.9 Å². The van der Waals surface area contributed by atoms with Gasteiger partial charge in [-0.3, -0.25) is 4.55 Å². The molecule has 0 saturated heterocycles. The zero-order chi connectivity index (χ0) is 24.6. The smallest absolute Gasteiger partial charge is 0.578 e. The lowest BCUT2D eigenvalue weighted by molar-refractivity contribution is -0.196. The van der Waals surface area contributed by atoms with Crippen LogP contribution in [0.3, 0.4) is 0 Å². The molecule has 4 atom stereocenters. The fraction of sp³-hybridized carbons (Fsp3) is 0.455. The third kappa shape index (κ3) is 3.37. The van der Waals surface area contributed by atoms with Crippen molar-refractivity contribution in [3.05, 3.63) is 22.6 Å². The van der Waals surface area contributed by atoms with E-state index >= 15 is 4.39 Å². The Kier molecular flexibility index (Phi) is 5.90. The Labute approximate surface area is 179 Å². The van der Waals surface area contributed by atoms with E-state index in [1.807, 2.05) is 0 Å². The fourth-order valence-electron chi connectivity index (χ4n) is 2.47. The average molecular weight is 543 g/mol. The number of nitrogens with two attached hydrogens (primary N) is 1. The second-order valence-corrected chi connectivity index (χ2v) is 9.63. The molecule has 4 unspecified atom stereocenters. The van der Waals surface area contributed by atoms with Crippen molar-refractivity contribution in [2.75, 3.05) is 0 Å².